The van der Waals surface area contributed by atoms with Crippen molar-refractivity contribution in [2.75, 3.05) is 13.1 Å². The third-order valence-electron chi connectivity index (χ3n) is 5.41. The summed E-state index contributed by atoms with van der Waals surface area (Å²) >= 11 is 5.87. The Morgan fingerprint density at radius 1 is 1.17 bits per heavy atom. The number of aryl methyl sites for hydroxylation is 1. The molecule has 1 amide bonds. The SMILES string of the molecule is CC[C@H](NC(=O)[C@@H]1CCCN(S(=O)(=O)c2ccc(Cl)cc2)C1)c1ccc(C)cc1. The summed E-state index contributed by atoms with van der Waals surface area (Å²) in [7, 11) is -3.64. The molecule has 0 saturated carbocycles. The average molecular weight is 435 g/mol. The number of halogens is 1. The number of hydrogen-bond donors (Lipinski definition) is 1. The van der Waals surface area contributed by atoms with Crippen molar-refractivity contribution in [1.82, 2.24) is 9.62 Å². The van der Waals surface area contributed by atoms with Crippen molar-refractivity contribution in [2.24, 2.45) is 5.92 Å². The van der Waals surface area contributed by atoms with Gasteiger partial charge in [-0.1, -0.05) is 48.4 Å². The summed E-state index contributed by atoms with van der Waals surface area (Å²) in [4.78, 5) is 13.1. The number of nitrogens with one attached hydrogen (secondary N) is 1. The van der Waals surface area contributed by atoms with Gasteiger partial charge in [0, 0.05) is 18.1 Å². The van der Waals surface area contributed by atoms with E-state index in [1.165, 1.54) is 22.0 Å². The lowest BCUT2D eigenvalue weighted by Gasteiger charge is -2.32. The molecule has 7 heteroatoms. The van der Waals surface area contributed by atoms with E-state index in [-0.39, 0.29) is 29.3 Å². The zero-order valence-corrected chi connectivity index (χ0v) is 18.3. The van der Waals surface area contributed by atoms with Gasteiger partial charge in [-0.05, 0) is 56.0 Å². The minimum absolute atomic E-state index is 0.0775. The van der Waals surface area contributed by atoms with E-state index in [1.54, 1.807) is 12.1 Å². The minimum Gasteiger partial charge on any atom is -0.349 e. The number of piperidine rings is 1. The molecule has 5 nitrogen and oxygen atoms in total. The van der Waals surface area contributed by atoms with Crippen LogP contribution < -0.4 is 5.32 Å². The van der Waals surface area contributed by atoms with E-state index < -0.39 is 10.0 Å². The Labute approximate surface area is 178 Å². The molecule has 29 heavy (non-hydrogen) atoms. The first-order chi connectivity index (χ1) is 13.8. The van der Waals surface area contributed by atoms with Gasteiger partial charge in [-0.25, -0.2) is 8.42 Å². The van der Waals surface area contributed by atoms with Gasteiger partial charge in [0.2, 0.25) is 15.9 Å². The summed E-state index contributed by atoms with van der Waals surface area (Å²) in [5.41, 5.74) is 2.23. The fourth-order valence-electron chi connectivity index (χ4n) is 3.64. The predicted molar refractivity (Wildman–Crippen MR) is 115 cm³/mol. The molecule has 1 N–H and O–H groups in total. The van der Waals surface area contributed by atoms with E-state index in [1.807, 2.05) is 38.1 Å². The van der Waals surface area contributed by atoms with Gasteiger partial charge >= 0.3 is 0 Å². The maximum Gasteiger partial charge on any atom is 0.243 e. The molecule has 1 heterocycles. The molecule has 0 aromatic heterocycles. The third kappa shape index (κ3) is 5.18. The van der Waals surface area contributed by atoms with Gasteiger partial charge in [-0.15, -0.1) is 0 Å². The maximum absolute atomic E-state index is 12.9. The predicted octanol–water partition coefficient (Wildman–Crippen LogP) is 4.32. The number of hydrogen-bond acceptors (Lipinski definition) is 3. The highest BCUT2D eigenvalue weighted by atomic mass is 35.5. The number of rotatable bonds is 6. The molecule has 0 radical (unpaired) electrons. The smallest absolute Gasteiger partial charge is 0.243 e. The van der Waals surface area contributed by atoms with E-state index in [0.29, 0.717) is 24.4 Å². The van der Waals surface area contributed by atoms with E-state index in [2.05, 4.69) is 5.32 Å². The molecule has 0 unspecified atom stereocenters. The number of amides is 1. The van der Waals surface area contributed by atoms with Crippen molar-refractivity contribution in [1.29, 1.82) is 0 Å². The molecule has 3 rings (SSSR count). The molecule has 1 aliphatic heterocycles. The van der Waals surface area contributed by atoms with Crippen molar-refractivity contribution < 1.29 is 13.2 Å². The van der Waals surface area contributed by atoms with Gasteiger partial charge in [-0.3, -0.25) is 4.79 Å². The van der Waals surface area contributed by atoms with Gasteiger partial charge in [0.15, 0.2) is 0 Å². The second kappa shape index (κ2) is 9.28. The van der Waals surface area contributed by atoms with Crippen LogP contribution in [0, 0.1) is 12.8 Å². The number of carbonyl (C=O) groups excluding carboxylic acids is 1. The van der Waals surface area contributed by atoms with E-state index in [4.69, 9.17) is 11.6 Å². The molecular formula is C22H27ClN2O3S. The van der Waals surface area contributed by atoms with Gasteiger partial charge in [0.25, 0.3) is 0 Å². The quantitative estimate of drug-likeness (QED) is 0.736. The molecule has 0 bridgehead atoms. The van der Waals surface area contributed by atoms with Crippen LogP contribution in [0.2, 0.25) is 5.02 Å². The topological polar surface area (TPSA) is 66.5 Å². The summed E-state index contributed by atoms with van der Waals surface area (Å²) in [5.74, 6) is -0.446. The van der Waals surface area contributed by atoms with E-state index in [9.17, 15) is 13.2 Å². The second-order valence-electron chi connectivity index (χ2n) is 7.54. The molecule has 156 valence electrons. The fourth-order valence-corrected chi connectivity index (χ4v) is 5.29. The van der Waals surface area contributed by atoms with Crippen LogP contribution in [0.15, 0.2) is 53.4 Å². The Hall–Kier alpha value is -1.89. The molecule has 0 spiro atoms. The summed E-state index contributed by atoms with van der Waals surface area (Å²) < 4.78 is 27.3. The van der Waals surface area contributed by atoms with Gasteiger partial charge in [0.05, 0.1) is 16.9 Å². The van der Waals surface area contributed by atoms with Gasteiger partial charge in [-0.2, -0.15) is 4.31 Å². The molecule has 2 aromatic carbocycles. The summed E-state index contributed by atoms with van der Waals surface area (Å²) in [6, 6.07) is 14.2. The Morgan fingerprint density at radius 3 is 2.45 bits per heavy atom. The van der Waals surface area contributed by atoms with Crippen molar-refractivity contribution in [3.8, 4) is 0 Å². The molecule has 0 aliphatic carbocycles. The third-order valence-corrected chi connectivity index (χ3v) is 7.54. The van der Waals surface area contributed by atoms with Crippen LogP contribution in [-0.4, -0.2) is 31.7 Å². The van der Waals surface area contributed by atoms with Crippen LogP contribution in [-0.2, 0) is 14.8 Å². The highest BCUT2D eigenvalue weighted by Crippen LogP contribution is 2.26. The molecule has 1 fully saturated rings. The largest absolute Gasteiger partial charge is 0.349 e. The van der Waals surface area contributed by atoms with Crippen LogP contribution in [0.5, 0.6) is 0 Å². The van der Waals surface area contributed by atoms with Crippen LogP contribution in [0.1, 0.15) is 43.4 Å². The number of sulfonamides is 1. The zero-order chi connectivity index (χ0) is 21.0. The Bertz CT molecular complexity index is 943. The van der Waals surface area contributed by atoms with E-state index >= 15 is 0 Å². The lowest BCUT2D eigenvalue weighted by atomic mass is 9.97. The maximum atomic E-state index is 12.9. The Kier molecular flexibility index (Phi) is 6.98. The van der Waals surface area contributed by atoms with Gasteiger partial charge < -0.3 is 5.32 Å². The van der Waals surface area contributed by atoms with Crippen LogP contribution in [0.4, 0.5) is 0 Å². The second-order valence-corrected chi connectivity index (χ2v) is 9.91. The van der Waals surface area contributed by atoms with Crippen LogP contribution in [0.3, 0.4) is 0 Å². The van der Waals surface area contributed by atoms with Crippen molar-refractivity contribution in [2.45, 2.75) is 44.0 Å². The monoisotopic (exact) mass is 434 g/mol. The van der Waals surface area contributed by atoms with Crippen molar-refractivity contribution in [3.05, 3.63) is 64.7 Å². The number of carbonyl (C=O) groups is 1. The molecule has 1 aliphatic rings. The average Bonchev–Trinajstić information content (AvgIpc) is 2.73. The van der Waals surface area contributed by atoms with Crippen LogP contribution >= 0.6 is 11.6 Å². The first-order valence-electron chi connectivity index (χ1n) is 9.94. The summed E-state index contributed by atoms with van der Waals surface area (Å²) in [5, 5.41) is 3.60. The molecule has 2 atom stereocenters. The summed E-state index contributed by atoms with van der Waals surface area (Å²) in [6.07, 6.45) is 2.11. The molecule has 2 aromatic rings. The lowest BCUT2D eigenvalue weighted by Crippen LogP contribution is -2.46. The van der Waals surface area contributed by atoms with Crippen molar-refractivity contribution >= 4 is 27.5 Å². The summed E-state index contributed by atoms with van der Waals surface area (Å²) in [6.45, 7) is 4.68. The zero-order valence-electron chi connectivity index (χ0n) is 16.8. The van der Waals surface area contributed by atoms with E-state index in [0.717, 1.165) is 12.0 Å². The lowest BCUT2D eigenvalue weighted by molar-refractivity contribution is -0.126. The molecule has 1 saturated heterocycles. The standard InChI is InChI=1S/C22H27ClN2O3S/c1-3-21(17-8-6-16(2)7-9-17)24-22(26)18-5-4-14-25(15-18)29(27,28)20-12-10-19(23)11-13-20/h6-13,18,21H,3-5,14-15H2,1-2H3,(H,24,26)/t18-,21+/m1/s1. The highest BCUT2D eigenvalue weighted by Gasteiger charge is 2.33. The Balaban J connectivity index is 1.70. The Morgan fingerprint density at radius 2 is 1.83 bits per heavy atom. The number of nitrogens with zero attached hydrogens (tertiary/aromatic N) is 1. The van der Waals surface area contributed by atoms with Crippen LogP contribution in [0.25, 0.3) is 0 Å². The van der Waals surface area contributed by atoms with Crippen molar-refractivity contribution in [3.63, 3.8) is 0 Å². The normalized spacial score (nSPS) is 18.9. The first-order valence-corrected chi connectivity index (χ1v) is 11.8. The minimum atomic E-state index is -3.64. The number of benzene rings is 2. The van der Waals surface area contributed by atoms with Gasteiger partial charge in [0.1, 0.15) is 0 Å². The highest BCUT2D eigenvalue weighted by molar-refractivity contribution is 7.89. The molecular weight excluding hydrogens is 408 g/mol. The first kappa shape index (κ1) is 21.8. The fraction of sp³-hybridized carbons (Fsp3) is 0.409.